The molecule has 0 aromatic heterocycles. The zero-order chi connectivity index (χ0) is 11.8. The van der Waals surface area contributed by atoms with Crippen LogP contribution in [0, 0.1) is 11.3 Å². The van der Waals surface area contributed by atoms with E-state index in [0.29, 0.717) is 12.0 Å². The molecule has 1 spiro atoms. The fourth-order valence-corrected chi connectivity index (χ4v) is 2.93. The van der Waals surface area contributed by atoms with Gasteiger partial charge in [-0.05, 0) is 44.7 Å². The molecule has 1 saturated heterocycles. The van der Waals surface area contributed by atoms with Crippen LogP contribution < -0.4 is 5.32 Å². The van der Waals surface area contributed by atoms with Crippen LogP contribution in [0.2, 0.25) is 0 Å². The molecule has 2 unspecified atom stereocenters. The van der Waals surface area contributed by atoms with Crippen molar-refractivity contribution in [3.8, 4) is 0 Å². The average Bonchev–Trinajstić information content (AvgIpc) is 2.91. The summed E-state index contributed by atoms with van der Waals surface area (Å²) >= 11 is 0. The zero-order valence-electron chi connectivity index (χ0n) is 10.2. The summed E-state index contributed by atoms with van der Waals surface area (Å²) in [5, 5.41) is 12.6. The molecule has 4 nitrogen and oxygen atoms in total. The second-order valence-corrected chi connectivity index (χ2v) is 5.44. The number of piperidine rings is 1. The van der Waals surface area contributed by atoms with Crippen molar-refractivity contribution in [3.63, 3.8) is 0 Å². The van der Waals surface area contributed by atoms with Crippen molar-refractivity contribution < 1.29 is 9.90 Å². The monoisotopic (exact) mass is 226 g/mol. The summed E-state index contributed by atoms with van der Waals surface area (Å²) in [6.07, 6.45) is 2.88. The van der Waals surface area contributed by atoms with Gasteiger partial charge in [0.2, 0.25) is 5.91 Å². The number of hydrogen-bond acceptors (Lipinski definition) is 3. The maximum Gasteiger partial charge on any atom is 0.226 e. The molecule has 1 aliphatic carbocycles. The summed E-state index contributed by atoms with van der Waals surface area (Å²) in [5.74, 6) is 0.446. The van der Waals surface area contributed by atoms with Gasteiger partial charge in [-0.15, -0.1) is 0 Å². The lowest BCUT2D eigenvalue weighted by atomic mass is 9.91. The van der Waals surface area contributed by atoms with E-state index in [1.807, 2.05) is 0 Å². The number of rotatable bonds is 3. The highest BCUT2D eigenvalue weighted by atomic mass is 16.3. The average molecular weight is 226 g/mol. The van der Waals surface area contributed by atoms with Crippen molar-refractivity contribution in [1.82, 2.24) is 10.2 Å². The smallest absolute Gasteiger partial charge is 0.226 e. The Labute approximate surface area is 97.0 Å². The number of carbonyl (C=O) groups excluding carboxylic acids is 1. The number of aliphatic hydroxyl groups excluding tert-OH is 1. The topological polar surface area (TPSA) is 52.6 Å². The third-order valence-electron chi connectivity index (χ3n) is 4.00. The molecule has 2 fully saturated rings. The van der Waals surface area contributed by atoms with Gasteiger partial charge in [0, 0.05) is 19.5 Å². The van der Waals surface area contributed by atoms with Crippen molar-refractivity contribution in [3.05, 3.63) is 0 Å². The summed E-state index contributed by atoms with van der Waals surface area (Å²) in [7, 11) is 1.79. The predicted molar refractivity (Wildman–Crippen MR) is 62.0 cm³/mol. The summed E-state index contributed by atoms with van der Waals surface area (Å²) in [5.41, 5.74) is 0.301. The number of carbonyl (C=O) groups is 1. The molecule has 1 heterocycles. The summed E-state index contributed by atoms with van der Waals surface area (Å²) in [6.45, 7) is 4.26. The Morgan fingerprint density at radius 1 is 1.56 bits per heavy atom. The maximum absolute atomic E-state index is 12.1. The summed E-state index contributed by atoms with van der Waals surface area (Å²) < 4.78 is 0. The molecule has 1 aliphatic heterocycles. The van der Waals surface area contributed by atoms with Crippen molar-refractivity contribution in [1.29, 1.82) is 0 Å². The third-order valence-corrected chi connectivity index (χ3v) is 4.00. The number of hydrogen-bond donors (Lipinski definition) is 2. The first kappa shape index (κ1) is 11.9. The SMILES string of the molecule is CC(O)CN(C)C(=O)C1CC12CCNCC2. The van der Waals surface area contributed by atoms with E-state index < -0.39 is 6.10 Å². The zero-order valence-corrected chi connectivity index (χ0v) is 10.2. The van der Waals surface area contributed by atoms with Gasteiger partial charge in [0.05, 0.1) is 6.10 Å². The van der Waals surface area contributed by atoms with Gasteiger partial charge in [0.1, 0.15) is 0 Å². The minimum absolute atomic E-state index is 0.221. The first-order valence-corrected chi connectivity index (χ1v) is 6.19. The van der Waals surface area contributed by atoms with Crippen LogP contribution in [-0.2, 0) is 4.79 Å². The van der Waals surface area contributed by atoms with Gasteiger partial charge in [-0.1, -0.05) is 0 Å². The summed E-state index contributed by atoms with van der Waals surface area (Å²) in [6, 6.07) is 0. The quantitative estimate of drug-likeness (QED) is 0.723. The van der Waals surface area contributed by atoms with E-state index in [9.17, 15) is 9.90 Å². The van der Waals surface area contributed by atoms with Crippen LogP contribution in [0.4, 0.5) is 0 Å². The highest BCUT2D eigenvalue weighted by Gasteiger charge is 2.58. The molecule has 1 saturated carbocycles. The second-order valence-electron chi connectivity index (χ2n) is 5.44. The Balaban J connectivity index is 1.88. The molecule has 16 heavy (non-hydrogen) atoms. The van der Waals surface area contributed by atoms with Crippen LogP contribution in [0.1, 0.15) is 26.2 Å². The number of nitrogens with zero attached hydrogens (tertiary/aromatic N) is 1. The molecule has 0 bridgehead atoms. The van der Waals surface area contributed by atoms with Gasteiger partial charge in [0.15, 0.2) is 0 Å². The van der Waals surface area contributed by atoms with E-state index in [1.165, 1.54) is 0 Å². The third kappa shape index (κ3) is 2.23. The van der Waals surface area contributed by atoms with Gasteiger partial charge in [-0.3, -0.25) is 4.79 Å². The predicted octanol–water partition coefficient (Wildman–Crippen LogP) is 0.215. The Morgan fingerprint density at radius 3 is 2.75 bits per heavy atom. The molecule has 4 heteroatoms. The standard InChI is InChI=1S/C12H22N2O2/c1-9(15)8-14(2)11(16)10-7-12(10)3-5-13-6-4-12/h9-10,13,15H,3-8H2,1-2H3. The van der Waals surface area contributed by atoms with E-state index >= 15 is 0 Å². The molecule has 1 amide bonds. The molecule has 92 valence electrons. The first-order chi connectivity index (χ1) is 7.55. The van der Waals surface area contributed by atoms with Crippen molar-refractivity contribution >= 4 is 5.91 Å². The lowest BCUT2D eigenvalue weighted by Gasteiger charge is -2.25. The Kier molecular flexibility index (Phi) is 3.22. The van der Waals surface area contributed by atoms with Crippen LogP contribution in [0.25, 0.3) is 0 Å². The number of amides is 1. The molecule has 0 aromatic carbocycles. The van der Waals surface area contributed by atoms with E-state index in [2.05, 4.69) is 5.32 Å². The Morgan fingerprint density at radius 2 is 2.19 bits per heavy atom. The van der Waals surface area contributed by atoms with E-state index in [4.69, 9.17) is 0 Å². The van der Waals surface area contributed by atoms with Gasteiger partial charge in [-0.2, -0.15) is 0 Å². The molecule has 2 rings (SSSR count). The highest BCUT2D eigenvalue weighted by Crippen LogP contribution is 2.59. The van der Waals surface area contributed by atoms with Gasteiger partial charge in [-0.25, -0.2) is 0 Å². The minimum atomic E-state index is -0.434. The number of likely N-dealkylation sites (N-methyl/N-ethyl adjacent to an activating group) is 1. The normalized spacial score (nSPS) is 28.8. The lowest BCUT2D eigenvalue weighted by Crippen LogP contribution is -2.37. The Hall–Kier alpha value is -0.610. The molecule has 0 radical (unpaired) electrons. The molecule has 0 aromatic rings. The van der Waals surface area contributed by atoms with Gasteiger partial charge >= 0.3 is 0 Å². The Bertz CT molecular complexity index is 272. The molecular weight excluding hydrogens is 204 g/mol. The second kappa shape index (κ2) is 4.34. The van der Waals surface area contributed by atoms with Crippen LogP contribution in [0.15, 0.2) is 0 Å². The number of nitrogens with one attached hydrogen (secondary N) is 1. The number of aliphatic hydroxyl groups is 1. The molecular formula is C12H22N2O2. The molecule has 2 N–H and O–H groups in total. The highest BCUT2D eigenvalue weighted by molar-refractivity contribution is 5.82. The van der Waals surface area contributed by atoms with Crippen molar-refractivity contribution in [2.24, 2.45) is 11.3 Å². The maximum atomic E-state index is 12.1. The van der Waals surface area contributed by atoms with Gasteiger partial charge < -0.3 is 15.3 Å². The van der Waals surface area contributed by atoms with Crippen molar-refractivity contribution in [2.45, 2.75) is 32.3 Å². The van der Waals surface area contributed by atoms with Crippen LogP contribution in [0.5, 0.6) is 0 Å². The molecule has 2 atom stereocenters. The van der Waals surface area contributed by atoms with Gasteiger partial charge in [0.25, 0.3) is 0 Å². The lowest BCUT2D eigenvalue weighted by molar-refractivity contribution is -0.133. The minimum Gasteiger partial charge on any atom is -0.392 e. The largest absolute Gasteiger partial charge is 0.392 e. The van der Waals surface area contributed by atoms with Crippen LogP contribution in [-0.4, -0.2) is 48.7 Å². The fraction of sp³-hybridized carbons (Fsp3) is 0.917. The van der Waals surface area contributed by atoms with Crippen LogP contribution >= 0.6 is 0 Å². The van der Waals surface area contributed by atoms with Crippen molar-refractivity contribution in [2.75, 3.05) is 26.7 Å². The molecule has 2 aliphatic rings. The van der Waals surface area contributed by atoms with E-state index in [0.717, 1.165) is 32.4 Å². The van der Waals surface area contributed by atoms with E-state index in [1.54, 1.807) is 18.9 Å². The van der Waals surface area contributed by atoms with Crippen LogP contribution in [0.3, 0.4) is 0 Å². The summed E-state index contributed by atoms with van der Waals surface area (Å²) in [4.78, 5) is 13.8. The van der Waals surface area contributed by atoms with E-state index in [-0.39, 0.29) is 11.8 Å². The fourth-order valence-electron chi connectivity index (χ4n) is 2.93. The first-order valence-electron chi connectivity index (χ1n) is 6.19.